The van der Waals surface area contributed by atoms with Gasteiger partial charge in [-0.25, -0.2) is 0 Å². The second-order valence-electron chi connectivity index (χ2n) is 8.92. The fourth-order valence-corrected chi connectivity index (χ4v) is 5.14. The van der Waals surface area contributed by atoms with E-state index in [4.69, 9.17) is 5.73 Å². The molecule has 1 aliphatic carbocycles. The lowest BCUT2D eigenvalue weighted by Gasteiger charge is -2.27. The maximum Gasteiger partial charge on any atom is 0.243 e. The number of rotatable bonds is 3. The third-order valence-corrected chi connectivity index (χ3v) is 6.92. The van der Waals surface area contributed by atoms with Crippen LogP contribution in [0.4, 0.5) is 0 Å². The normalized spacial score (nSPS) is 19.0. The number of nitrogens with zero attached hydrogens (tertiary/aromatic N) is 1. The van der Waals surface area contributed by atoms with Gasteiger partial charge in [0.2, 0.25) is 5.91 Å². The van der Waals surface area contributed by atoms with Gasteiger partial charge in [-0.1, -0.05) is 49.2 Å². The number of carbonyl (C=O) groups excluding carboxylic acids is 1. The molecule has 1 fully saturated rings. The molecule has 3 aromatic carbocycles. The summed E-state index contributed by atoms with van der Waals surface area (Å²) in [7, 11) is 0. The summed E-state index contributed by atoms with van der Waals surface area (Å²) in [6.07, 6.45) is 5.90. The Bertz CT molecular complexity index is 1460. The van der Waals surface area contributed by atoms with Gasteiger partial charge in [0, 0.05) is 39.4 Å². The molecule has 1 amide bonds. The SMILES string of the molecule is NC1CCCCC1C(=O)Nn1ccc2cc(-c3ccc4c(c3)[nH]c3ccccc34)ccc21. The van der Waals surface area contributed by atoms with Crippen LogP contribution in [0.5, 0.6) is 0 Å². The number of amides is 1. The molecule has 160 valence electrons. The fraction of sp³-hybridized carbons (Fsp3) is 0.222. The smallest absolute Gasteiger partial charge is 0.243 e. The second-order valence-corrected chi connectivity index (χ2v) is 8.92. The van der Waals surface area contributed by atoms with E-state index in [2.05, 4.69) is 71.1 Å². The van der Waals surface area contributed by atoms with Gasteiger partial charge >= 0.3 is 0 Å². The van der Waals surface area contributed by atoms with Crippen molar-refractivity contribution in [2.45, 2.75) is 31.7 Å². The number of benzene rings is 3. The van der Waals surface area contributed by atoms with E-state index in [1.165, 1.54) is 10.8 Å². The zero-order chi connectivity index (χ0) is 21.7. The Labute approximate surface area is 186 Å². The number of H-pyrrole nitrogens is 1. The number of para-hydroxylation sites is 1. The number of hydrogen-bond acceptors (Lipinski definition) is 2. The molecule has 0 saturated heterocycles. The van der Waals surface area contributed by atoms with Gasteiger partial charge in [0.05, 0.1) is 11.4 Å². The zero-order valence-electron chi connectivity index (χ0n) is 17.8. The molecule has 2 unspecified atom stereocenters. The Balaban J connectivity index is 1.31. The maximum absolute atomic E-state index is 12.8. The molecule has 5 nitrogen and oxygen atoms in total. The minimum Gasteiger partial charge on any atom is -0.354 e. The predicted molar refractivity (Wildman–Crippen MR) is 131 cm³/mol. The summed E-state index contributed by atoms with van der Waals surface area (Å²) in [5, 5.41) is 3.57. The lowest BCUT2D eigenvalue weighted by atomic mass is 9.84. The van der Waals surface area contributed by atoms with Crippen LogP contribution < -0.4 is 11.2 Å². The Hall–Kier alpha value is -3.57. The molecular formula is C27H26N4O. The van der Waals surface area contributed by atoms with Crippen LogP contribution in [0.3, 0.4) is 0 Å². The van der Waals surface area contributed by atoms with Crippen molar-refractivity contribution in [3.05, 3.63) is 72.9 Å². The van der Waals surface area contributed by atoms with Crippen LogP contribution in [0.15, 0.2) is 72.9 Å². The first-order valence-electron chi connectivity index (χ1n) is 11.4. The van der Waals surface area contributed by atoms with Crippen molar-refractivity contribution < 1.29 is 4.79 Å². The van der Waals surface area contributed by atoms with Gasteiger partial charge in [0.15, 0.2) is 0 Å². The highest BCUT2D eigenvalue weighted by Crippen LogP contribution is 2.31. The second kappa shape index (κ2) is 7.53. The Kier molecular flexibility index (Phi) is 4.51. The van der Waals surface area contributed by atoms with E-state index >= 15 is 0 Å². The quantitative estimate of drug-likeness (QED) is 0.357. The van der Waals surface area contributed by atoms with Gasteiger partial charge in [-0.15, -0.1) is 0 Å². The number of carbonyl (C=O) groups is 1. The molecule has 0 aliphatic heterocycles. The summed E-state index contributed by atoms with van der Waals surface area (Å²) < 4.78 is 1.82. The van der Waals surface area contributed by atoms with Gasteiger partial charge < -0.3 is 10.7 Å². The van der Waals surface area contributed by atoms with Crippen LogP contribution in [0.1, 0.15) is 25.7 Å². The number of fused-ring (bicyclic) bond motifs is 4. The van der Waals surface area contributed by atoms with Crippen molar-refractivity contribution in [2.24, 2.45) is 11.7 Å². The van der Waals surface area contributed by atoms with Crippen LogP contribution in [0.25, 0.3) is 43.8 Å². The summed E-state index contributed by atoms with van der Waals surface area (Å²) in [6, 6.07) is 23.3. The summed E-state index contributed by atoms with van der Waals surface area (Å²) in [5.74, 6) is -0.0912. The molecule has 6 rings (SSSR count). The third kappa shape index (κ3) is 3.17. The highest BCUT2D eigenvalue weighted by Gasteiger charge is 2.28. The minimum absolute atomic E-state index is 0.0167. The largest absolute Gasteiger partial charge is 0.354 e. The number of aromatic nitrogens is 2. The van der Waals surface area contributed by atoms with Crippen molar-refractivity contribution in [1.29, 1.82) is 0 Å². The van der Waals surface area contributed by atoms with Crippen LogP contribution in [0.2, 0.25) is 0 Å². The Morgan fingerprint density at radius 3 is 2.59 bits per heavy atom. The first kappa shape index (κ1) is 19.1. The predicted octanol–water partition coefficient (Wildman–Crippen LogP) is 5.53. The highest BCUT2D eigenvalue weighted by atomic mass is 16.2. The molecule has 1 aliphatic rings. The van der Waals surface area contributed by atoms with Crippen molar-refractivity contribution in [1.82, 2.24) is 9.66 Å². The molecule has 1 saturated carbocycles. The van der Waals surface area contributed by atoms with E-state index in [0.717, 1.165) is 58.7 Å². The summed E-state index contributed by atoms with van der Waals surface area (Å²) in [5.41, 5.74) is 14.8. The van der Waals surface area contributed by atoms with Crippen molar-refractivity contribution in [3.63, 3.8) is 0 Å². The van der Waals surface area contributed by atoms with Gasteiger partial charge in [0.25, 0.3) is 0 Å². The molecule has 0 bridgehead atoms. The topological polar surface area (TPSA) is 75.8 Å². The summed E-state index contributed by atoms with van der Waals surface area (Å²) in [4.78, 5) is 16.3. The van der Waals surface area contributed by atoms with Gasteiger partial charge in [-0.3, -0.25) is 14.9 Å². The summed E-state index contributed by atoms with van der Waals surface area (Å²) >= 11 is 0. The van der Waals surface area contributed by atoms with Gasteiger partial charge in [0.1, 0.15) is 0 Å². The van der Waals surface area contributed by atoms with Crippen LogP contribution >= 0.6 is 0 Å². The Morgan fingerprint density at radius 1 is 0.906 bits per heavy atom. The minimum atomic E-state index is -0.108. The van der Waals surface area contributed by atoms with Crippen molar-refractivity contribution in [2.75, 3.05) is 5.43 Å². The van der Waals surface area contributed by atoms with E-state index in [-0.39, 0.29) is 17.9 Å². The van der Waals surface area contributed by atoms with E-state index in [1.807, 2.05) is 16.9 Å². The fourth-order valence-electron chi connectivity index (χ4n) is 5.14. The average molecular weight is 423 g/mol. The maximum atomic E-state index is 12.8. The molecular weight excluding hydrogens is 396 g/mol. The lowest BCUT2D eigenvalue weighted by Crippen LogP contribution is -2.42. The molecule has 5 aromatic rings. The number of nitrogens with two attached hydrogens (primary N) is 1. The van der Waals surface area contributed by atoms with Crippen molar-refractivity contribution >= 4 is 38.6 Å². The van der Waals surface area contributed by atoms with Crippen LogP contribution in [0, 0.1) is 5.92 Å². The molecule has 2 heterocycles. The highest BCUT2D eigenvalue weighted by molar-refractivity contribution is 6.08. The van der Waals surface area contributed by atoms with Gasteiger partial charge in [-0.05, 0) is 54.3 Å². The van der Waals surface area contributed by atoms with Crippen LogP contribution in [-0.4, -0.2) is 21.6 Å². The molecule has 2 aromatic heterocycles. The van der Waals surface area contributed by atoms with E-state index < -0.39 is 0 Å². The lowest BCUT2D eigenvalue weighted by molar-refractivity contribution is -0.122. The first-order valence-corrected chi connectivity index (χ1v) is 11.4. The van der Waals surface area contributed by atoms with Crippen molar-refractivity contribution in [3.8, 4) is 11.1 Å². The number of aromatic amines is 1. The molecule has 4 N–H and O–H groups in total. The van der Waals surface area contributed by atoms with E-state index in [1.54, 1.807) is 0 Å². The molecule has 0 spiro atoms. The molecule has 2 atom stereocenters. The average Bonchev–Trinajstić information content (AvgIpc) is 3.39. The Morgan fingerprint density at radius 2 is 1.69 bits per heavy atom. The van der Waals surface area contributed by atoms with Crippen LogP contribution in [-0.2, 0) is 4.79 Å². The third-order valence-electron chi connectivity index (χ3n) is 6.92. The van der Waals surface area contributed by atoms with Gasteiger partial charge in [-0.2, -0.15) is 0 Å². The summed E-state index contributed by atoms with van der Waals surface area (Å²) in [6.45, 7) is 0. The van der Waals surface area contributed by atoms with E-state index in [9.17, 15) is 4.79 Å². The van der Waals surface area contributed by atoms with E-state index in [0.29, 0.717) is 0 Å². The molecule has 32 heavy (non-hydrogen) atoms. The molecule has 0 radical (unpaired) electrons. The standard InChI is InChI=1S/C27H26N4O/c28-23-7-3-1-6-22(23)27(32)30-31-14-13-19-15-17(10-12-26(19)31)18-9-11-21-20-5-2-4-8-24(20)29-25(21)16-18/h2,4-5,8-16,22-23,29H,1,3,6-7,28H2,(H,30,32). The monoisotopic (exact) mass is 422 g/mol. The number of hydrogen-bond donors (Lipinski definition) is 3. The first-order chi connectivity index (χ1) is 15.7. The zero-order valence-corrected chi connectivity index (χ0v) is 17.8. The molecule has 5 heteroatoms. The number of nitrogens with one attached hydrogen (secondary N) is 2.